The van der Waals surface area contributed by atoms with Crippen LogP contribution >= 0.6 is 11.3 Å². The van der Waals surface area contributed by atoms with Gasteiger partial charge < -0.3 is 10.3 Å². The first-order valence-electron chi connectivity index (χ1n) is 7.42. The molecular weight excluding hydrogens is 294 g/mol. The van der Waals surface area contributed by atoms with E-state index in [4.69, 9.17) is 0 Å². The minimum Gasteiger partial charge on any atom is -0.352 e. The molecule has 0 atom stereocenters. The third-order valence-electron chi connectivity index (χ3n) is 3.60. The monoisotopic (exact) mass is 313 g/mol. The summed E-state index contributed by atoms with van der Waals surface area (Å²) in [4.78, 5) is 22.2. The molecule has 0 spiro atoms. The number of H-pyrrole nitrogens is 1. The number of rotatable bonds is 5. The largest absolute Gasteiger partial charge is 0.352 e. The van der Waals surface area contributed by atoms with Gasteiger partial charge in [0.05, 0.1) is 16.6 Å². The van der Waals surface area contributed by atoms with Crippen LogP contribution in [0.25, 0.3) is 11.0 Å². The lowest BCUT2D eigenvalue weighted by molar-refractivity contribution is 0.0953. The van der Waals surface area contributed by atoms with Crippen molar-refractivity contribution in [1.29, 1.82) is 0 Å². The maximum atomic E-state index is 12.1. The molecule has 0 aliphatic carbocycles. The SMILES string of the molecule is Cc1cc(C(=O)NCCCc2nc3ccccc3[nH]2)c(C)s1. The molecular formula is C17H19N3OS. The molecule has 3 rings (SSSR count). The van der Waals surface area contributed by atoms with Crippen LogP contribution in [-0.2, 0) is 6.42 Å². The highest BCUT2D eigenvalue weighted by atomic mass is 32.1. The Labute approximate surface area is 133 Å². The second-order valence-electron chi connectivity index (χ2n) is 5.39. The quantitative estimate of drug-likeness (QED) is 0.707. The van der Waals surface area contributed by atoms with Gasteiger partial charge in [-0.2, -0.15) is 0 Å². The summed E-state index contributed by atoms with van der Waals surface area (Å²) in [6, 6.07) is 9.96. The molecule has 114 valence electrons. The van der Waals surface area contributed by atoms with Gasteiger partial charge in [-0.3, -0.25) is 4.79 Å². The van der Waals surface area contributed by atoms with Crippen molar-refractivity contribution in [2.75, 3.05) is 6.54 Å². The average molecular weight is 313 g/mol. The zero-order valence-electron chi connectivity index (χ0n) is 12.8. The number of nitrogens with one attached hydrogen (secondary N) is 2. The molecule has 2 heterocycles. The van der Waals surface area contributed by atoms with Crippen LogP contribution in [0.1, 0.15) is 32.4 Å². The first-order chi connectivity index (χ1) is 10.6. The Morgan fingerprint density at radius 2 is 2.14 bits per heavy atom. The van der Waals surface area contributed by atoms with E-state index in [0.29, 0.717) is 6.54 Å². The first kappa shape index (κ1) is 14.8. The molecule has 1 aromatic carbocycles. The molecule has 0 saturated carbocycles. The number of carbonyl (C=O) groups is 1. The summed E-state index contributed by atoms with van der Waals surface area (Å²) in [6.45, 7) is 4.67. The van der Waals surface area contributed by atoms with Crippen LogP contribution in [-0.4, -0.2) is 22.4 Å². The van der Waals surface area contributed by atoms with Crippen LogP contribution in [0.15, 0.2) is 30.3 Å². The summed E-state index contributed by atoms with van der Waals surface area (Å²) in [5.74, 6) is 0.990. The first-order valence-corrected chi connectivity index (χ1v) is 8.24. The summed E-state index contributed by atoms with van der Waals surface area (Å²) in [7, 11) is 0. The molecule has 0 unspecified atom stereocenters. The Morgan fingerprint density at radius 1 is 1.32 bits per heavy atom. The van der Waals surface area contributed by atoms with Crippen molar-refractivity contribution in [2.24, 2.45) is 0 Å². The minimum absolute atomic E-state index is 0.0199. The normalized spacial score (nSPS) is 11.0. The van der Waals surface area contributed by atoms with Gasteiger partial charge in [-0.25, -0.2) is 4.98 Å². The van der Waals surface area contributed by atoms with Crippen LogP contribution in [0.5, 0.6) is 0 Å². The molecule has 4 nitrogen and oxygen atoms in total. The van der Waals surface area contributed by atoms with Crippen molar-refractivity contribution in [3.63, 3.8) is 0 Å². The van der Waals surface area contributed by atoms with E-state index in [1.54, 1.807) is 11.3 Å². The van der Waals surface area contributed by atoms with E-state index in [0.717, 1.165) is 40.1 Å². The zero-order valence-corrected chi connectivity index (χ0v) is 13.6. The summed E-state index contributed by atoms with van der Waals surface area (Å²) >= 11 is 1.66. The van der Waals surface area contributed by atoms with Gasteiger partial charge in [0.1, 0.15) is 5.82 Å². The van der Waals surface area contributed by atoms with Crippen molar-refractivity contribution in [1.82, 2.24) is 15.3 Å². The number of aromatic amines is 1. The van der Waals surface area contributed by atoms with Crippen LogP contribution < -0.4 is 5.32 Å². The molecule has 2 aromatic heterocycles. The third kappa shape index (κ3) is 3.20. The highest BCUT2D eigenvalue weighted by Gasteiger charge is 2.11. The van der Waals surface area contributed by atoms with Gasteiger partial charge in [-0.1, -0.05) is 12.1 Å². The van der Waals surface area contributed by atoms with E-state index >= 15 is 0 Å². The smallest absolute Gasteiger partial charge is 0.252 e. The van der Waals surface area contributed by atoms with E-state index in [9.17, 15) is 4.79 Å². The van der Waals surface area contributed by atoms with Gasteiger partial charge in [0.25, 0.3) is 5.91 Å². The number of hydrogen-bond acceptors (Lipinski definition) is 3. The van der Waals surface area contributed by atoms with E-state index in [-0.39, 0.29) is 5.91 Å². The van der Waals surface area contributed by atoms with E-state index < -0.39 is 0 Å². The predicted molar refractivity (Wildman–Crippen MR) is 90.5 cm³/mol. The number of carbonyl (C=O) groups excluding carboxylic acids is 1. The van der Waals surface area contributed by atoms with Crippen molar-refractivity contribution in [2.45, 2.75) is 26.7 Å². The van der Waals surface area contributed by atoms with Crippen LogP contribution in [0.3, 0.4) is 0 Å². The number of para-hydroxylation sites is 2. The van der Waals surface area contributed by atoms with E-state index in [1.165, 1.54) is 4.88 Å². The van der Waals surface area contributed by atoms with Gasteiger partial charge >= 0.3 is 0 Å². The highest BCUT2D eigenvalue weighted by Crippen LogP contribution is 2.20. The molecule has 0 fully saturated rings. The molecule has 0 radical (unpaired) electrons. The summed E-state index contributed by atoms with van der Waals surface area (Å²) < 4.78 is 0. The molecule has 22 heavy (non-hydrogen) atoms. The number of imidazole rings is 1. The van der Waals surface area contributed by atoms with Gasteiger partial charge in [0.15, 0.2) is 0 Å². The number of amides is 1. The van der Waals surface area contributed by atoms with Crippen molar-refractivity contribution in [3.05, 3.63) is 51.5 Å². The standard InChI is InChI=1S/C17H19N3OS/c1-11-10-13(12(2)22-11)17(21)18-9-5-8-16-19-14-6-3-4-7-15(14)20-16/h3-4,6-7,10H,5,8-9H2,1-2H3,(H,18,21)(H,19,20). The van der Waals surface area contributed by atoms with Gasteiger partial charge in [0, 0.05) is 22.7 Å². The lowest BCUT2D eigenvalue weighted by Gasteiger charge is -2.03. The molecule has 3 aromatic rings. The molecule has 0 aliphatic heterocycles. The molecule has 0 saturated heterocycles. The van der Waals surface area contributed by atoms with Crippen molar-refractivity contribution < 1.29 is 4.79 Å². The Kier molecular flexibility index (Phi) is 4.24. The Hall–Kier alpha value is -2.14. The fourth-order valence-corrected chi connectivity index (χ4v) is 3.45. The molecule has 0 bridgehead atoms. The molecule has 5 heteroatoms. The van der Waals surface area contributed by atoms with Gasteiger partial charge in [-0.05, 0) is 38.5 Å². The Morgan fingerprint density at radius 3 is 2.86 bits per heavy atom. The van der Waals surface area contributed by atoms with Crippen LogP contribution in [0.4, 0.5) is 0 Å². The number of benzene rings is 1. The predicted octanol–water partition coefficient (Wildman–Crippen LogP) is 3.60. The maximum Gasteiger partial charge on any atom is 0.252 e. The number of nitrogens with zero attached hydrogens (tertiary/aromatic N) is 1. The zero-order chi connectivity index (χ0) is 15.5. The molecule has 1 amide bonds. The number of fused-ring (bicyclic) bond motifs is 1. The Bertz CT molecular complexity index is 770. The topological polar surface area (TPSA) is 57.8 Å². The summed E-state index contributed by atoms with van der Waals surface area (Å²) in [5.41, 5.74) is 2.85. The lowest BCUT2D eigenvalue weighted by Crippen LogP contribution is -2.25. The summed E-state index contributed by atoms with van der Waals surface area (Å²) in [5, 5.41) is 2.98. The fraction of sp³-hybridized carbons (Fsp3) is 0.294. The third-order valence-corrected chi connectivity index (χ3v) is 4.57. The van der Waals surface area contributed by atoms with E-state index in [1.807, 2.05) is 44.2 Å². The van der Waals surface area contributed by atoms with E-state index in [2.05, 4.69) is 15.3 Å². The van der Waals surface area contributed by atoms with Crippen molar-refractivity contribution in [3.8, 4) is 0 Å². The van der Waals surface area contributed by atoms with Gasteiger partial charge in [-0.15, -0.1) is 11.3 Å². The fourth-order valence-electron chi connectivity index (χ4n) is 2.53. The number of aryl methyl sites for hydroxylation is 3. The average Bonchev–Trinajstić information content (AvgIpc) is 3.05. The minimum atomic E-state index is 0.0199. The van der Waals surface area contributed by atoms with Gasteiger partial charge in [0.2, 0.25) is 0 Å². The molecule has 0 aliphatic rings. The number of hydrogen-bond donors (Lipinski definition) is 2. The number of aromatic nitrogens is 2. The maximum absolute atomic E-state index is 12.1. The highest BCUT2D eigenvalue weighted by molar-refractivity contribution is 7.12. The Balaban J connectivity index is 1.51. The van der Waals surface area contributed by atoms with Crippen LogP contribution in [0.2, 0.25) is 0 Å². The molecule has 2 N–H and O–H groups in total. The lowest BCUT2D eigenvalue weighted by atomic mass is 10.2. The second kappa shape index (κ2) is 6.32. The second-order valence-corrected chi connectivity index (χ2v) is 6.85. The van der Waals surface area contributed by atoms with Crippen molar-refractivity contribution >= 4 is 28.3 Å². The summed E-state index contributed by atoms with van der Waals surface area (Å²) in [6.07, 6.45) is 1.70. The van der Waals surface area contributed by atoms with Crippen LogP contribution in [0, 0.1) is 13.8 Å². The number of thiophene rings is 1.